The molecule has 0 bridgehead atoms. The Kier molecular flexibility index (Phi) is 3.95. The van der Waals surface area contributed by atoms with Crippen molar-refractivity contribution in [3.05, 3.63) is 53.6 Å². The Morgan fingerprint density at radius 2 is 1.95 bits per heavy atom. The molecule has 0 amide bonds. The minimum absolute atomic E-state index is 0.803. The lowest BCUT2D eigenvalue weighted by molar-refractivity contribution is 0.411. The lowest BCUT2D eigenvalue weighted by atomic mass is 10.1. The van der Waals surface area contributed by atoms with Gasteiger partial charge in [0, 0.05) is 25.0 Å². The van der Waals surface area contributed by atoms with Crippen LogP contribution in [0.25, 0.3) is 0 Å². The largest absolute Gasteiger partial charge is 0.496 e. The molecule has 100 valence electrons. The van der Waals surface area contributed by atoms with Crippen molar-refractivity contribution in [3.8, 4) is 5.75 Å². The molecule has 2 aromatic rings. The molecule has 0 spiro atoms. The summed E-state index contributed by atoms with van der Waals surface area (Å²) in [7, 11) is 3.77. The van der Waals surface area contributed by atoms with Crippen molar-refractivity contribution < 1.29 is 4.74 Å². The molecule has 0 aromatic heterocycles. The van der Waals surface area contributed by atoms with Gasteiger partial charge in [-0.1, -0.05) is 12.1 Å². The standard InChI is InChI=1S/C16H20N2O/c1-12-9-15(7-8-16(12)19-3)18(2)11-13-5-4-6-14(17)10-13/h4-10H,11,17H2,1-3H3. The normalized spacial score (nSPS) is 10.3. The van der Waals surface area contributed by atoms with Gasteiger partial charge in [0.1, 0.15) is 5.75 Å². The number of methoxy groups -OCH3 is 1. The summed E-state index contributed by atoms with van der Waals surface area (Å²) in [5.41, 5.74) is 10.1. The van der Waals surface area contributed by atoms with Crippen molar-refractivity contribution in [1.29, 1.82) is 0 Å². The minimum Gasteiger partial charge on any atom is -0.496 e. The van der Waals surface area contributed by atoms with Crippen molar-refractivity contribution in [2.24, 2.45) is 0 Å². The first kappa shape index (κ1) is 13.3. The van der Waals surface area contributed by atoms with Crippen LogP contribution in [0.5, 0.6) is 5.75 Å². The quantitative estimate of drug-likeness (QED) is 0.854. The molecule has 0 aliphatic carbocycles. The third-order valence-electron chi connectivity index (χ3n) is 3.19. The van der Waals surface area contributed by atoms with Crippen LogP contribution < -0.4 is 15.4 Å². The fraction of sp³-hybridized carbons (Fsp3) is 0.250. The third kappa shape index (κ3) is 3.19. The Bertz CT molecular complexity index is 566. The molecular weight excluding hydrogens is 236 g/mol. The van der Waals surface area contributed by atoms with E-state index in [0.717, 1.165) is 23.5 Å². The Hall–Kier alpha value is -2.16. The molecule has 0 atom stereocenters. The summed E-state index contributed by atoms with van der Waals surface area (Å²) in [4.78, 5) is 2.20. The molecule has 0 saturated heterocycles. The molecule has 0 unspecified atom stereocenters. The molecule has 19 heavy (non-hydrogen) atoms. The van der Waals surface area contributed by atoms with Crippen LogP contribution in [0.3, 0.4) is 0 Å². The van der Waals surface area contributed by atoms with Crippen LogP contribution in [0.1, 0.15) is 11.1 Å². The smallest absolute Gasteiger partial charge is 0.121 e. The number of nitrogens with zero attached hydrogens (tertiary/aromatic N) is 1. The molecule has 2 N–H and O–H groups in total. The first-order valence-electron chi connectivity index (χ1n) is 6.30. The Balaban J connectivity index is 2.15. The van der Waals surface area contributed by atoms with E-state index in [4.69, 9.17) is 10.5 Å². The maximum absolute atomic E-state index is 5.80. The number of hydrogen-bond donors (Lipinski definition) is 1. The monoisotopic (exact) mass is 256 g/mol. The zero-order valence-electron chi connectivity index (χ0n) is 11.7. The first-order valence-corrected chi connectivity index (χ1v) is 6.30. The van der Waals surface area contributed by atoms with E-state index in [1.807, 2.05) is 24.3 Å². The van der Waals surface area contributed by atoms with E-state index in [9.17, 15) is 0 Å². The average Bonchev–Trinajstić information content (AvgIpc) is 2.38. The number of anilines is 2. The number of hydrogen-bond acceptors (Lipinski definition) is 3. The zero-order chi connectivity index (χ0) is 13.8. The van der Waals surface area contributed by atoms with Crippen LogP contribution >= 0.6 is 0 Å². The van der Waals surface area contributed by atoms with Gasteiger partial charge in [-0.15, -0.1) is 0 Å². The van der Waals surface area contributed by atoms with Crippen LogP contribution in [0, 0.1) is 6.92 Å². The van der Waals surface area contributed by atoms with Gasteiger partial charge >= 0.3 is 0 Å². The molecule has 3 heteroatoms. The molecule has 3 nitrogen and oxygen atoms in total. The minimum atomic E-state index is 0.803. The third-order valence-corrected chi connectivity index (χ3v) is 3.19. The van der Waals surface area contributed by atoms with Gasteiger partial charge in [-0.3, -0.25) is 0 Å². The van der Waals surface area contributed by atoms with E-state index in [1.165, 1.54) is 11.3 Å². The van der Waals surface area contributed by atoms with E-state index in [-0.39, 0.29) is 0 Å². The number of nitrogen functional groups attached to an aromatic ring is 1. The molecule has 0 aliphatic heterocycles. The predicted molar refractivity (Wildman–Crippen MR) is 80.7 cm³/mol. The second kappa shape index (κ2) is 5.65. The van der Waals surface area contributed by atoms with Gasteiger partial charge in [0.2, 0.25) is 0 Å². The van der Waals surface area contributed by atoms with Crippen molar-refractivity contribution in [2.45, 2.75) is 13.5 Å². The second-order valence-corrected chi connectivity index (χ2v) is 4.76. The highest BCUT2D eigenvalue weighted by Gasteiger charge is 2.05. The molecule has 0 aliphatic rings. The first-order chi connectivity index (χ1) is 9.10. The lowest BCUT2D eigenvalue weighted by Gasteiger charge is -2.20. The SMILES string of the molecule is COc1ccc(N(C)Cc2cccc(N)c2)cc1C. The van der Waals surface area contributed by atoms with Gasteiger partial charge in [0.25, 0.3) is 0 Å². The number of rotatable bonds is 4. The van der Waals surface area contributed by atoms with Crippen molar-refractivity contribution in [2.75, 3.05) is 24.8 Å². The molecule has 2 rings (SSSR count). The van der Waals surface area contributed by atoms with Crippen LogP contribution in [0.2, 0.25) is 0 Å². The van der Waals surface area contributed by atoms with Crippen LogP contribution in [0.15, 0.2) is 42.5 Å². The lowest BCUT2D eigenvalue weighted by Crippen LogP contribution is -2.16. The summed E-state index contributed by atoms with van der Waals surface area (Å²) >= 11 is 0. The average molecular weight is 256 g/mol. The summed E-state index contributed by atoms with van der Waals surface area (Å²) < 4.78 is 5.28. The van der Waals surface area contributed by atoms with Crippen molar-refractivity contribution >= 4 is 11.4 Å². The van der Waals surface area contributed by atoms with E-state index >= 15 is 0 Å². The molecule has 0 fully saturated rings. The summed E-state index contributed by atoms with van der Waals surface area (Å²) in [5.74, 6) is 0.918. The van der Waals surface area contributed by atoms with Crippen LogP contribution in [-0.4, -0.2) is 14.2 Å². The molecule has 0 heterocycles. The molecular formula is C16H20N2O. The Labute approximate surface area is 114 Å². The van der Waals surface area contributed by atoms with Gasteiger partial charge in [0.15, 0.2) is 0 Å². The van der Waals surface area contributed by atoms with Crippen molar-refractivity contribution in [3.63, 3.8) is 0 Å². The Morgan fingerprint density at radius 3 is 2.58 bits per heavy atom. The van der Waals surface area contributed by atoms with Gasteiger partial charge in [-0.25, -0.2) is 0 Å². The summed E-state index contributed by atoms with van der Waals surface area (Å²) in [6, 6.07) is 14.2. The number of ether oxygens (including phenoxy) is 1. The van der Waals surface area contributed by atoms with E-state index in [1.54, 1.807) is 7.11 Å². The second-order valence-electron chi connectivity index (χ2n) is 4.76. The highest BCUT2D eigenvalue weighted by Crippen LogP contribution is 2.24. The fourth-order valence-corrected chi connectivity index (χ4v) is 2.16. The van der Waals surface area contributed by atoms with Crippen LogP contribution in [-0.2, 0) is 6.54 Å². The summed E-state index contributed by atoms with van der Waals surface area (Å²) in [6.45, 7) is 2.88. The van der Waals surface area contributed by atoms with Crippen LogP contribution in [0.4, 0.5) is 11.4 Å². The van der Waals surface area contributed by atoms with Crippen molar-refractivity contribution in [1.82, 2.24) is 0 Å². The summed E-state index contributed by atoms with van der Waals surface area (Å²) in [5, 5.41) is 0. The van der Waals surface area contributed by atoms with Gasteiger partial charge < -0.3 is 15.4 Å². The van der Waals surface area contributed by atoms with Gasteiger partial charge in [-0.05, 0) is 48.4 Å². The number of aryl methyl sites for hydroxylation is 1. The number of benzene rings is 2. The van der Waals surface area contributed by atoms with E-state index < -0.39 is 0 Å². The number of nitrogens with two attached hydrogens (primary N) is 1. The summed E-state index contributed by atoms with van der Waals surface area (Å²) in [6.07, 6.45) is 0. The maximum atomic E-state index is 5.80. The van der Waals surface area contributed by atoms with Gasteiger partial charge in [-0.2, -0.15) is 0 Å². The Morgan fingerprint density at radius 1 is 1.16 bits per heavy atom. The molecule has 0 radical (unpaired) electrons. The highest BCUT2D eigenvalue weighted by molar-refractivity contribution is 5.53. The maximum Gasteiger partial charge on any atom is 0.121 e. The fourth-order valence-electron chi connectivity index (χ4n) is 2.16. The molecule has 0 saturated carbocycles. The predicted octanol–water partition coefficient (Wildman–Crippen LogP) is 3.22. The topological polar surface area (TPSA) is 38.5 Å². The highest BCUT2D eigenvalue weighted by atomic mass is 16.5. The van der Waals surface area contributed by atoms with E-state index in [2.05, 4.69) is 37.1 Å². The van der Waals surface area contributed by atoms with E-state index in [0.29, 0.717) is 0 Å². The van der Waals surface area contributed by atoms with Gasteiger partial charge in [0.05, 0.1) is 7.11 Å². The zero-order valence-corrected chi connectivity index (χ0v) is 11.7. The molecule has 2 aromatic carbocycles.